The SMILES string of the molecule is CCNC(=NCc1nnc2n1CCC2)N(C)Cc1ccc(OC)cc1OC.I. The van der Waals surface area contributed by atoms with Gasteiger partial charge in [-0.25, -0.2) is 4.99 Å². The topological polar surface area (TPSA) is 76.8 Å². The highest BCUT2D eigenvalue weighted by Gasteiger charge is 2.17. The number of aryl methyl sites for hydroxylation is 1. The second-order valence-electron chi connectivity index (χ2n) is 6.49. The van der Waals surface area contributed by atoms with Crippen molar-refractivity contribution >= 4 is 29.9 Å². The third kappa shape index (κ3) is 5.06. The van der Waals surface area contributed by atoms with Crippen LogP contribution < -0.4 is 14.8 Å². The number of hydrogen-bond acceptors (Lipinski definition) is 5. The molecule has 0 aliphatic carbocycles. The van der Waals surface area contributed by atoms with Crippen LogP contribution in [0.15, 0.2) is 23.2 Å². The Balaban J connectivity index is 0.00000280. The number of rotatable bonds is 7. The first-order chi connectivity index (χ1) is 13.2. The van der Waals surface area contributed by atoms with E-state index in [-0.39, 0.29) is 24.0 Å². The molecule has 0 atom stereocenters. The van der Waals surface area contributed by atoms with Crippen molar-refractivity contribution in [3.8, 4) is 11.5 Å². The van der Waals surface area contributed by atoms with Crippen molar-refractivity contribution in [3.05, 3.63) is 35.4 Å². The maximum Gasteiger partial charge on any atom is 0.194 e. The van der Waals surface area contributed by atoms with Crippen LogP contribution in [0.25, 0.3) is 0 Å². The minimum absolute atomic E-state index is 0. The average Bonchev–Trinajstić information content (AvgIpc) is 3.29. The highest BCUT2D eigenvalue weighted by atomic mass is 127. The largest absolute Gasteiger partial charge is 0.497 e. The third-order valence-corrected chi connectivity index (χ3v) is 4.65. The molecule has 9 heteroatoms. The zero-order chi connectivity index (χ0) is 19.2. The molecule has 1 aliphatic rings. The first kappa shape index (κ1) is 22.3. The summed E-state index contributed by atoms with van der Waals surface area (Å²) < 4.78 is 13.0. The fourth-order valence-electron chi connectivity index (χ4n) is 3.26. The highest BCUT2D eigenvalue weighted by molar-refractivity contribution is 14.0. The number of guanidine groups is 1. The molecular weight excluding hydrogens is 471 g/mol. The van der Waals surface area contributed by atoms with Gasteiger partial charge in [0, 0.05) is 44.7 Å². The normalized spacial score (nSPS) is 12.9. The Labute approximate surface area is 183 Å². The third-order valence-electron chi connectivity index (χ3n) is 4.65. The number of nitrogens with one attached hydrogen (secondary N) is 1. The van der Waals surface area contributed by atoms with E-state index in [1.54, 1.807) is 14.2 Å². The monoisotopic (exact) mass is 500 g/mol. The molecule has 0 fully saturated rings. The molecule has 2 aromatic rings. The van der Waals surface area contributed by atoms with Crippen LogP contribution in [0.3, 0.4) is 0 Å². The van der Waals surface area contributed by atoms with E-state index in [9.17, 15) is 0 Å². The lowest BCUT2D eigenvalue weighted by Gasteiger charge is -2.23. The van der Waals surface area contributed by atoms with Gasteiger partial charge in [0.15, 0.2) is 11.8 Å². The van der Waals surface area contributed by atoms with E-state index in [2.05, 4.69) is 31.9 Å². The number of fused-ring (bicyclic) bond motifs is 1. The molecule has 1 aromatic carbocycles. The van der Waals surface area contributed by atoms with E-state index >= 15 is 0 Å². The van der Waals surface area contributed by atoms with Crippen molar-refractivity contribution in [2.24, 2.45) is 4.99 Å². The molecule has 1 N–H and O–H groups in total. The van der Waals surface area contributed by atoms with Crippen molar-refractivity contribution in [1.82, 2.24) is 25.0 Å². The summed E-state index contributed by atoms with van der Waals surface area (Å²) in [5.41, 5.74) is 1.06. The summed E-state index contributed by atoms with van der Waals surface area (Å²) in [7, 11) is 5.33. The van der Waals surface area contributed by atoms with Crippen LogP contribution in [-0.2, 0) is 26.1 Å². The minimum atomic E-state index is 0. The molecule has 154 valence electrons. The van der Waals surface area contributed by atoms with Gasteiger partial charge in [0.05, 0.1) is 14.2 Å². The fourth-order valence-corrected chi connectivity index (χ4v) is 3.26. The van der Waals surface area contributed by atoms with E-state index in [1.165, 1.54) is 0 Å². The maximum atomic E-state index is 5.51. The Morgan fingerprint density at radius 2 is 2.11 bits per heavy atom. The van der Waals surface area contributed by atoms with Gasteiger partial charge in [-0.1, -0.05) is 0 Å². The molecule has 8 nitrogen and oxygen atoms in total. The van der Waals surface area contributed by atoms with Crippen molar-refractivity contribution in [1.29, 1.82) is 0 Å². The van der Waals surface area contributed by atoms with Crippen LogP contribution in [-0.4, -0.2) is 53.4 Å². The van der Waals surface area contributed by atoms with Gasteiger partial charge in [0.1, 0.15) is 23.9 Å². The highest BCUT2D eigenvalue weighted by Crippen LogP contribution is 2.25. The van der Waals surface area contributed by atoms with Gasteiger partial charge in [-0.15, -0.1) is 34.2 Å². The molecule has 0 radical (unpaired) electrons. The zero-order valence-electron chi connectivity index (χ0n) is 16.9. The first-order valence-corrected chi connectivity index (χ1v) is 9.27. The van der Waals surface area contributed by atoms with Crippen LogP contribution in [0.4, 0.5) is 0 Å². The quantitative estimate of drug-likeness (QED) is 0.358. The van der Waals surface area contributed by atoms with Crippen LogP contribution in [0.5, 0.6) is 11.5 Å². The van der Waals surface area contributed by atoms with Gasteiger partial charge in [-0.3, -0.25) is 0 Å². The number of halogens is 1. The van der Waals surface area contributed by atoms with Crippen molar-refractivity contribution in [3.63, 3.8) is 0 Å². The molecule has 1 aliphatic heterocycles. The number of aliphatic imine (C=N–C) groups is 1. The van der Waals surface area contributed by atoms with E-state index in [0.717, 1.165) is 60.6 Å². The summed E-state index contributed by atoms with van der Waals surface area (Å²) in [4.78, 5) is 6.84. The Morgan fingerprint density at radius 3 is 2.82 bits per heavy atom. The smallest absolute Gasteiger partial charge is 0.194 e. The van der Waals surface area contributed by atoms with Crippen LogP contribution in [0.2, 0.25) is 0 Å². The molecule has 0 spiro atoms. The Bertz CT molecular complexity index is 808. The summed E-state index contributed by atoms with van der Waals surface area (Å²) in [5, 5.41) is 11.9. The van der Waals surface area contributed by atoms with E-state index in [1.807, 2.05) is 25.2 Å². The number of benzene rings is 1. The zero-order valence-corrected chi connectivity index (χ0v) is 19.3. The number of hydrogen-bond donors (Lipinski definition) is 1. The van der Waals surface area contributed by atoms with Gasteiger partial charge in [-0.05, 0) is 25.5 Å². The van der Waals surface area contributed by atoms with Gasteiger partial charge < -0.3 is 24.3 Å². The van der Waals surface area contributed by atoms with Crippen molar-refractivity contribution in [2.45, 2.75) is 39.4 Å². The lowest BCUT2D eigenvalue weighted by atomic mass is 10.2. The van der Waals surface area contributed by atoms with E-state index in [0.29, 0.717) is 13.1 Å². The maximum absolute atomic E-state index is 5.51. The van der Waals surface area contributed by atoms with Crippen LogP contribution >= 0.6 is 24.0 Å². The molecule has 2 heterocycles. The Hall–Kier alpha value is -2.04. The Morgan fingerprint density at radius 1 is 1.29 bits per heavy atom. The predicted molar refractivity (Wildman–Crippen MR) is 120 cm³/mol. The summed E-state index contributed by atoms with van der Waals surface area (Å²) >= 11 is 0. The molecule has 0 saturated carbocycles. The fraction of sp³-hybridized carbons (Fsp3) is 0.526. The average molecular weight is 500 g/mol. The number of methoxy groups -OCH3 is 2. The van der Waals surface area contributed by atoms with Crippen molar-refractivity contribution < 1.29 is 9.47 Å². The lowest BCUT2D eigenvalue weighted by molar-refractivity contribution is 0.382. The molecule has 0 saturated heterocycles. The van der Waals surface area contributed by atoms with E-state index in [4.69, 9.17) is 14.5 Å². The molecular formula is C19H29IN6O2. The minimum Gasteiger partial charge on any atom is -0.497 e. The number of ether oxygens (including phenoxy) is 2. The van der Waals surface area contributed by atoms with Gasteiger partial charge in [0.2, 0.25) is 0 Å². The number of aromatic nitrogens is 3. The van der Waals surface area contributed by atoms with Crippen LogP contribution in [0.1, 0.15) is 30.6 Å². The molecule has 28 heavy (non-hydrogen) atoms. The standard InChI is InChI=1S/C19H28N6O2.HI/c1-5-20-19(21-12-18-23-22-17-7-6-10-25(17)18)24(2)13-14-8-9-15(26-3)11-16(14)27-4;/h8-9,11H,5-7,10,12-13H2,1-4H3,(H,20,21);1H. The summed E-state index contributed by atoms with van der Waals surface area (Å²) in [6, 6.07) is 5.85. The van der Waals surface area contributed by atoms with Gasteiger partial charge in [0.25, 0.3) is 0 Å². The molecule has 0 bridgehead atoms. The first-order valence-electron chi connectivity index (χ1n) is 9.27. The molecule has 3 rings (SSSR count). The van der Waals surface area contributed by atoms with Gasteiger partial charge >= 0.3 is 0 Å². The summed E-state index contributed by atoms with van der Waals surface area (Å²) in [5.74, 6) is 4.40. The predicted octanol–water partition coefficient (Wildman–Crippen LogP) is 2.46. The van der Waals surface area contributed by atoms with Crippen LogP contribution in [0, 0.1) is 0 Å². The lowest BCUT2D eigenvalue weighted by Crippen LogP contribution is -2.38. The molecule has 0 unspecified atom stereocenters. The van der Waals surface area contributed by atoms with Gasteiger partial charge in [-0.2, -0.15) is 0 Å². The summed E-state index contributed by atoms with van der Waals surface area (Å²) in [6.45, 7) is 5.02. The van der Waals surface area contributed by atoms with E-state index < -0.39 is 0 Å². The number of nitrogens with zero attached hydrogens (tertiary/aromatic N) is 5. The second-order valence-corrected chi connectivity index (χ2v) is 6.49. The Kier molecular flexibility index (Phi) is 8.34. The van der Waals surface area contributed by atoms with Crippen molar-refractivity contribution in [2.75, 3.05) is 27.8 Å². The molecule has 1 aromatic heterocycles. The summed E-state index contributed by atoms with van der Waals surface area (Å²) in [6.07, 6.45) is 2.15. The molecule has 0 amide bonds. The second kappa shape index (κ2) is 10.5.